The molecule has 3 unspecified atom stereocenters. The molecule has 0 radical (unpaired) electrons. The summed E-state index contributed by atoms with van der Waals surface area (Å²) in [5.74, 6) is -0.219. The van der Waals surface area contributed by atoms with Crippen LogP contribution in [-0.4, -0.2) is 53.8 Å². The molecule has 2 saturated heterocycles. The van der Waals surface area contributed by atoms with Crippen LogP contribution in [0.15, 0.2) is 48.5 Å². The van der Waals surface area contributed by atoms with Crippen LogP contribution in [0, 0.1) is 5.92 Å². The molecule has 2 heterocycles. The van der Waals surface area contributed by atoms with Gasteiger partial charge in [-0.2, -0.15) is 0 Å². The Morgan fingerprint density at radius 2 is 1.94 bits per heavy atom. The lowest BCUT2D eigenvalue weighted by molar-refractivity contribution is -0.129. The number of nitrogens with two attached hydrogens (primary N) is 1. The molecule has 0 bridgehead atoms. The minimum atomic E-state index is -0.496. The number of carbonyl (C=O) groups is 3. The Kier molecular flexibility index (Phi) is 8.25. The van der Waals surface area contributed by atoms with Gasteiger partial charge in [0.15, 0.2) is 0 Å². The lowest BCUT2D eigenvalue weighted by Gasteiger charge is -2.28. The molecular weight excluding hydrogens is 456 g/mol. The molecule has 0 spiro atoms. The molecular formula is C28H36N4O4. The van der Waals surface area contributed by atoms with Gasteiger partial charge in [0.25, 0.3) is 0 Å². The number of benzene rings is 2. The van der Waals surface area contributed by atoms with Gasteiger partial charge < -0.3 is 20.7 Å². The number of methoxy groups -OCH3 is 1. The fourth-order valence-electron chi connectivity index (χ4n) is 5.39. The Morgan fingerprint density at radius 3 is 2.64 bits per heavy atom. The quantitative estimate of drug-likeness (QED) is 0.528. The Balaban J connectivity index is 1.51. The van der Waals surface area contributed by atoms with Crippen molar-refractivity contribution in [1.29, 1.82) is 0 Å². The van der Waals surface area contributed by atoms with Crippen LogP contribution in [0.3, 0.4) is 0 Å². The van der Waals surface area contributed by atoms with E-state index < -0.39 is 5.92 Å². The van der Waals surface area contributed by atoms with Crippen molar-refractivity contribution in [3.8, 4) is 5.75 Å². The van der Waals surface area contributed by atoms with E-state index in [2.05, 4.69) is 17.1 Å². The van der Waals surface area contributed by atoms with Crippen LogP contribution in [0.2, 0.25) is 0 Å². The number of likely N-dealkylation sites (tertiary alicyclic amines) is 2. The highest BCUT2D eigenvalue weighted by molar-refractivity contribution is 5.98. The standard InChI is InChI=1S/C28H36N4O4/c1-3-4-15-32-25(33)17-23(26(32)20-10-12-22(36-2)13-11-20)28(35)30-21-8-5-7-19(16-21)18-31-14-6-9-24(31)27(29)34/h5,7-8,10-13,16,23-24,26H,3-4,6,9,14-15,17-18H2,1-2H3,(H2,29,34)(H,30,35). The minimum absolute atomic E-state index is 0.00435. The topological polar surface area (TPSA) is 105 Å². The van der Waals surface area contributed by atoms with Gasteiger partial charge in [-0.3, -0.25) is 19.3 Å². The predicted molar refractivity (Wildman–Crippen MR) is 138 cm³/mol. The zero-order valence-corrected chi connectivity index (χ0v) is 21.1. The average molecular weight is 493 g/mol. The van der Waals surface area contributed by atoms with Gasteiger partial charge in [0.05, 0.1) is 25.1 Å². The molecule has 0 aliphatic carbocycles. The molecule has 2 fully saturated rings. The third-order valence-electron chi connectivity index (χ3n) is 7.25. The number of anilines is 1. The maximum absolute atomic E-state index is 13.5. The number of rotatable bonds is 10. The molecule has 4 rings (SSSR count). The zero-order chi connectivity index (χ0) is 25.7. The fraction of sp³-hybridized carbons (Fsp3) is 0.464. The number of hydrogen-bond donors (Lipinski definition) is 2. The normalized spacial score (nSPS) is 22.1. The van der Waals surface area contributed by atoms with Crippen molar-refractivity contribution in [3.05, 3.63) is 59.7 Å². The number of carbonyl (C=O) groups excluding carboxylic acids is 3. The van der Waals surface area contributed by atoms with E-state index in [1.807, 2.05) is 53.4 Å². The molecule has 3 atom stereocenters. The van der Waals surface area contributed by atoms with Crippen molar-refractivity contribution in [1.82, 2.24) is 9.80 Å². The molecule has 2 aromatic carbocycles. The third kappa shape index (κ3) is 5.70. The first kappa shape index (κ1) is 25.7. The van der Waals surface area contributed by atoms with E-state index in [4.69, 9.17) is 10.5 Å². The fourth-order valence-corrected chi connectivity index (χ4v) is 5.39. The Bertz CT molecular complexity index is 1090. The number of primary amides is 1. The molecule has 8 nitrogen and oxygen atoms in total. The molecule has 192 valence electrons. The summed E-state index contributed by atoms with van der Waals surface area (Å²) in [6.45, 7) is 4.14. The van der Waals surface area contributed by atoms with Crippen LogP contribution >= 0.6 is 0 Å². The van der Waals surface area contributed by atoms with E-state index in [1.165, 1.54) is 0 Å². The van der Waals surface area contributed by atoms with Crippen LogP contribution in [0.25, 0.3) is 0 Å². The Morgan fingerprint density at radius 1 is 1.17 bits per heavy atom. The van der Waals surface area contributed by atoms with Crippen molar-refractivity contribution >= 4 is 23.4 Å². The second-order valence-corrected chi connectivity index (χ2v) is 9.69. The smallest absolute Gasteiger partial charge is 0.234 e. The summed E-state index contributed by atoms with van der Waals surface area (Å²) in [7, 11) is 1.61. The summed E-state index contributed by atoms with van der Waals surface area (Å²) >= 11 is 0. The minimum Gasteiger partial charge on any atom is -0.497 e. The molecule has 3 N–H and O–H groups in total. The summed E-state index contributed by atoms with van der Waals surface area (Å²) in [6.07, 6.45) is 3.76. The van der Waals surface area contributed by atoms with E-state index in [1.54, 1.807) is 7.11 Å². The molecule has 2 aromatic rings. The molecule has 0 aromatic heterocycles. The largest absolute Gasteiger partial charge is 0.497 e. The monoisotopic (exact) mass is 492 g/mol. The zero-order valence-electron chi connectivity index (χ0n) is 21.1. The number of hydrogen-bond acceptors (Lipinski definition) is 5. The summed E-state index contributed by atoms with van der Waals surface area (Å²) < 4.78 is 5.29. The average Bonchev–Trinajstić information content (AvgIpc) is 3.47. The van der Waals surface area contributed by atoms with Crippen molar-refractivity contribution in [3.63, 3.8) is 0 Å². The SMILES string of the molecule is CCCCN1C(=O)CC(C(=O)Nc2cccc(CN3CCCC3C(N)=O)c2)C1c1ccc(OC)cc1. The van der Waals surface area contributed by atoms with Crippen LogP contribution in [0.1, 0.15) is 56.2 Å². The van der Waals surface area contributed by atoms with Crippen LogP contribution < -0.4 is 15.8 Å². The summed E-state index contributed by atoms with van der Waals surface area (Å²) in [5.41, 5.74) is 8.17. The van der Waals surface area contributed by atoms with E-state index in [0.717, 1.165) is 49.1 Å². The van der Waals surface area contributed by atoms with Crippen molar-refractivity contribution in [2.75, 3.05) is 25.5 Å². The number of nitrogens with one attached hydrogen (secondary N) is 1. The van der Waals surface area contributed by atoms with Crippen molar-refractivity contribution in [2.24, 2.45) is 11.7 Å². The number of ether oxygens (including phenoxy) is 1. The first-order valence-corrected chi connectivity index (χ1v) is 12.8. The third-order valence-corrected chi connectivity index (χ3v) is 7.25. The predicted octanol–water partition coefficient (Wildman–Crippen LogP) is 3.47. The highest BCUT2D eigenvalue weighted by Crippen LogP contribution is 2.39. The summed E-state index contributed by atoms with van der Waals surface area (Å²) in [4.78, 5) is 42.1. The Hall–Kier alpha value is -3.39. The van der Waals surface area contributed by atoms with E-state index in [9.17, 15) is 14.4 Å². The van der Waals surface area contributed by atoms with Crippen LogP contribution in [0.4, 0.5) is 5.69 Å². The molecule has 8 heteroatoms. The van der Waals surface area contributed by atoms with Crippen LogP contribution in [0.5, 0.6) is 5.75 Å². The van der Waals surface area contributed by atoms with Gasteiger partial charge in [0.2, 0.25) is 17.7 Å². The lowest BCUT2D eigenvalue weighted by atomic mass is 9.92. The second kappa shape index (κ2) is 11.6. The number of nitrogens with zero attached hydrogens (tertiary/aromatic N) is 2. The highest BCUT2D eigenvalue weighted by atomic mass is 16.5. The highest BCUT2D eigenvalue weighted by Gasteiger charge is 2.44. The van der Waals surface area contributed by atoms with Crippen molar-refractivity contribution in [2.45, 2.75) is 57.7 Å². The van der Waals surface area contributed by atoms with E-state index in [-0.39, 0.29) is 36.2 Å². The summed E-state index contributed by atoms with van der Waals surface area (Å²) in [5, 5.41) is 3.05. The maximum Gasteiger partial charge on any atom is 0.234 e. The molecule has 2 aliphatic rings. The maximum atomic E-state index is 13.5. The van der Waals surface area contributed by atoms with E-state index >= 15 is 0 Å². The summed E-state index contributed by atoms with van der Waals surface area (Å²) in [6, 6.07) is 14.7. The van der Waals surface area contributed by atoms with Crippen LogP contribution in [-0.2, 0) is 20.9 Å². The number of unbranched alkanes of at least 4 members (excludes halogenated alkanes) is 1. The lowest BCUT2D eigenvalue weighted by Crippen LogP contribution is -2.39. The van der Waals surface area contributed by atoms with Gasteiger partial charge >= 0.3 is 0 Å². The van der Waals surface area contributed by atoms with Gasteiger partial charge in [-0.15, -0.1) is 0 Å². The second-order valence-electron chi connectivity index (χ2n) is 9.69. The van der Waals surface area contributed by atoms with E-state index in [0.29, 0.717) is 18.8 Å². The van der Waals surface area contributed by atoms with Gasteiger partial charge in [-0.05, 0) is 61.2 Å². The van der Waals surface area contributed by atoms with Gasteiger partial charge in [0, 0.05) is 25.2 Å². The van der Waals surface area contributed by atoms with Gasteiger partial charge in [-0.1, -0.05) is 37.6 Å². The first-order valence-electron chi connectivity index (χ1n) is 12.8. The van der Waals surface area contributed by atoms with Crippen molar-refractivity contribution < 1.29 is 19.1 Å². The first-order chi connectivity index (χ1) is 17.4. The Labute approximate surface area is 212 Å². The molecule has 0 saturated carbocycles. The molecule has 36 heavy (non-hydrogen) atoms. The van der Waals surface area contributed by atoms with Gasteiger partial charge in [0.1, 0.15) is 5.75 Å². The van der Waals surface area contributed by atoms with Gasteiger partial charge in [-0.25, -0.2) is 0 Å². The molecule has 2 aliphatic heterocycles. The number of amides is 3. The molecule has 3 amide bonds.